The van der Waals surface area contributed by atoms with Gasteiger partial charge in [0.15, 0.2) is 0 Å². The number of benzene rings is 2. The SMILES string of the molecule is CCC(CC)(COc1cccc2ccccc12)C(N)=O. The molecule has 2 aromatic rings. The summed E-state index contributed by atoms with van der Waals surface area (Å²) in [6, 6.07) is 14.0. The first-order chi connectivity index (χ1) is 9.63. The number of hydrogen-bond acceptors (Lipinski definition) is 2. The van der Waals surface area contributed by atoms with E-state index in [2.05, 4.69) is 0 Å². The fraction of sp³-hybridized carbons (Fsp3) is 0.353. The molecule has 0 aliphatic heterocycles. The van der Waals surface area contributed by atoms with Crippen LogP contribution in [0.2, 0.25) is 0 Å². The van der Waals surface area contributed by atoms with Crippen LogP contribution < -0.4 is 10.5 Å². The monoisotopic (exact) mass is 271 g/mol. The Morgan fingerprint density at radius 1 is 1.10 bits per heavy atom. The van der Waals surface area contributed by atoms with Crippen molar-refractivity contribution in [2.24, 2.45) is 11.1 Å². The first kappa shape index (κ1) is 14.4. The van der Waals surface area contributed by atoms with Gasteiger partial charge < -0.3 is 10.5 Å². The highest BCUT2D eigenvalue weighted by atomic mass is 16.5. The molecule has 0 aliphatic rings. The van der Waals surface area contributed by atoms with E-state index >= 15 is 0 Å². The molecule has 0 aromatic heterocycles. The first-order valence-electron chi connectivity index (χ1n) is 7.03. The first-order valence-corrected chi connectivity index (χ1v) is 7.03. The molecule has 0 fully saturated rings. The Labute approximate surface area is 119 Å². The van der Waals surface area contributed by atoms with Gasteiger partial charge in [0.1, 0.15) is 12.4 Å². The Bertz CT molecular complexity index is 597. The number of primary amides is 1. The van der Waals surface area contributed by atoms with E-state index < -0.39 is 5.41 Å². The lowest BCUT2D eigenvalue weighted by molar-refractivity contribution is -0.129. The number of nitrogens with two attached hydrogens (primary N) is 1. The third-order valence-electron chi connectivity index (χ3n) is 4.13. The summed E-state index contributed by atoms with van der Waals surface area (Å²) in [4.78, 5) is 11.7. The van der Waals surface area contributed by atoms with E-state index in [1.54, 1.807) is 0 Å². The molecule has 0 saturated carbocycles. The highest BCUT2D eigenvalue weighted by Gasteiger charge is 2.33. The molecule has 106 valence electrons. The van der Waals surface area contributed by atoms with E-state index in [9.17, 15) is 4.79 Å². The Hall–Kier alpha value is -2.03. The lowest BCUT2D eigenvalue weighted by Gasteiger charge is -2.28. The summed E-state index contributed by atoms with van der Waals surface area (Å²) >= 11 is 0. The minimum Gasteiger partial charge on any atom is -0.492 e. The normalized spacial score (nSPS) is 11.5. The highest BCUT2D eigenvalue weighted by molar-refractivity contribution is 5.88. The van der Waals surface area contributed by atoms with E-state index in [0.29, 0.717) is 19.4 Å². The fourth-order valence-corrected chi connectivity index (χ4v) is 2.41. The summed E-state index contributed by atoms with van der Waals surface area (Å²) in [5.74, 6) is 0.512. The molecule has 2 rings (SSSR count). The molecule has 0 heterocycles. The second kappa shape index (κ2) is 5.95. The lowest BCUT2D eigenvalue weighted by Crippen LogP contribution is -2.41. The Morgan fingerprint density at radius 3 is 2.40 bits per heavy atom. The number of carbonyl (C=O) groups is 1. The van der Waals surface area contributed by atoms with Gasteiger partial charge in [-0.15, -0.1) is 0 Å². The topological polar surface area (TPSA) is 52.3 Å². The quantitative estimate of drug-likeness (QED) is 0.874. The van der Waals surface area contributed by atoms with Gasteiger partial charge >= 0.3 is 0 Å². The number of amides is 1. The van der Waals surface area contributed by atoms with E-state index in [1.165, 1.54) is 0 Å². The van der Waals surface area contributed by atoms with Crippen molar-refractivity contribution < 1.29 is 9.53 Å². The standard InChI is InChI=1S/C17H21NO2/c1-3-17(4-2,16(18)19)12-20-15-11-7-9-13-8-5-6-10-14(13)15/h5-11H,3-4,12H2,1-2H3,(H2,18,19). The van der Waals surface area contributed by atoms with Gasteiger partial charge in [0, 0.05) is 5.39 Å². The molecule has 3 nitrogen and oxygen atoms in total. The zero-order valence-corrected chi connectivity index (χ0v) is 12.1. The van der Waals surface area contributed by atoms with E-state index in [-0.39, 0.29) is 5.91 Å². The largest absolute Gasteiger partial charge is 0.492 e. The van der Waals surface area contributed by atoms with Crippen LogP contribution in [0.4, 0.5) is 0 Å². The molecule has 1 amide bonds. The minimum atomic E-state index is -0.586. The number of fused-ring (bicyclic) bond motifs is 1. The average Bonchev–Trinajstić information content (AvgIpc) is 2.48. The van der Waals surface area contributed by atoms with Crippen LogP contribution in [0.3, 0.4) is 0 Å². The van der Waals surface area contributed by atoms with Gasteiger partial charge in [-0.25, -0.2) is 0 Å². The van der Waals surface area contributed by atoms with Gasteiger partial charge in [-0.2, -0.15) is 0 Å². The molecule has 0 unspecified atom stereocenters. The molecule has 0 saturated heterocycles. The van der Waals surface area contributed by atoms with Gasteiger partial charge in [-0.05, 0) is 24.3 Å². The van der Waals surface area contributed by atoms with Crippen LogP contribution in [-0.4, -0.2) is 12.5 Å². The number of hydrogen-bond donors (Lipinski definition) is 1. The average molecular weight is 271 g/mol. The minimum absolute atomic E-state index is 0.289. The van der Waals surface area contributed by atoms with E-state index in [4.69, 9.17) is 10.5 Å². The summed E-state index contributed by atoms with van der Waals surface area (Å²) in [5.41, 5.74) is 4.96. The Kier molecular flexibility index (Phi) is 4.28. The van der Waals surface area contributed by atoms with Crippen molar-refractivity contribution in [3.05, 3.63) is 42.5 Å². The summed E-state index contributed by atoms with van der Waals surface area (Å²) < 4.78 is 5.93. The van der Waals surface area contributed by atoms with Gasteiger partial charge in [0.2, 0.25) is 5.91 Å². The van der Waals surface area contributed by atoms with Crippen LogP contribution in [0.5, 0.6) is 5.75 Å². The lowest BCUT2D eigenvalue weighted by atomic mass is 9.82. The van der Waals surface area contributed by atoms with E-state index in [0.717, 1.165) is 16.5 Å². The third kappa shape index (κ3) is 2.62. The van der Waals surface area contributed by atoms with Crippen molar-refractivity contribution in [3.8, 4) is 5.75 Å². The Morgan fingerprint density at radius 2 is 1.75 bits per heavy atom. The molecule has 2 N–H and O–H groups in total. The van der Waals surface area contributed by atoms with Crippen LogP contribution in [0, 0.1) is 5.41 Å². The predicted molar refractivity (Wildman–Crippen MR) is 81.7 cm³/mol. The molecule has 0 radical (unpaired) electrons. The molecule has 0 aliphatic carbocycles. The second-order valence-electron chi connectivity index (χ2n) is 5.12. The van der Waals surface area contributed by atoms with Crippen molar-refractivity contribution in [1.29, 1.82) is 0 Å². The number of rotatable bonds is 6. The van der Waals surface area contributed by atoms with E-state index in [1.807, 2.05) is 56.3 Å². The molecule has 0 bridgehead atoms. The summed E-state index contributed by atoms with van der Waals surface area (Å²) in [6.07, 6.45) is 1.37. The molecule has 0 atom stereocenters. The maximum atomic E-state index is 11.7. The smallest absolute Gasteiger partial charge is 0.227 e. The third-order valence-corrected chi connectivity index (χ3v) is 4.13. The van der Waals surface area contributed by atoms with Crippen LogP contribution in [0.15, 0.2) is 42.5 Å². The molecule has 3 heteroatoms. The maximum Gasteiger partial charge on any atom is 0.227 e. The number of ether oxygens (including phenoxy) is 1. The molecule has 20 heavy (non-hydrogen) atoms. The summed E-state index contributed by atoms with van der Waals surface area (Å²) in [5, 5.41) is 2.18. The maximum absolute atomic E-state index is 11.7. The highest BCUT2D eigenvalue weighted by Crippen LogP contribution is 2.30. The van der Waals surface area contributed by atoms with Gasteiger partial charge in [-0.3, -0.25) is 4.79 Å². The summed E-state index contributed by atoms with van der Waals surface area (Å²) in [7, 11) is 0. The van der Waals surface area contributed by atoms with Crippen molar-refractivity contribution >= 4 is 16.7 Å². The van der Waals surface area contributed by atoms with Crippen LogP contribution in [-0.2, 0) is 4.79 Å². The summed E-state index contributed by atoms with van der Waals surface area (Å²) in [6.45, 7) is 4.27. The van der Waals surface area contributed by atoms with Crippen LogP contribution in [0.1, 0.15) is 26.7 Å². The molecule has 0 spiro atoms. The zero-order valence-electron chi connectivity index (χ0n) is 12.1. The van der Waals surface area contributed by atoms with Gasteiger partial charge in [0.05, 0.1) is 5.41 Å². The fourth-order valence-electron chi connectivity index (χ4n) is 2.41. The van der Waals surface area contributed by atoms with Gasteiger partial charge in [0.25, 0.3) is 0 Å². The van der Waals surface area contributed by atoms with Crippen molar-refractivity contribution in [1.82, 2.24) is 0 Å². The van der Waals surface area contributed by atoms with Crippen molar-refractivity contribution in [3.63, 3.8) is 0 Å². The number of carbonyl (C=O) groups excluding carboxylic acids is 1. The molecule has 2 aromatic carbocycles. The zero-order chi connectivity index (χ0) is 14.6. The van der Waals surface area contributed by atoms with Crippen molar-refractivity contribution in [2.45, 2.75) is 26.7 Å². The molecular weight excluding hydrogens is 250 g/mol. The van der Waals surface area contributed by atoms with Gasteiger partial charge in [-0.1, -0.05) is 50.2 Å². The van der Waals surface area contributed by atoms with Crippen molar-refractivity contribution in [2.75, 3.05) is 6.61 Å². The molecular formula is C17H21NO2. The Balaban J connectivity index is 2.27. The van der Waals surface area contributed by atoms with Crippen LogP contribution in [0.25, 0.3) is 10.8 Å². The van der Waals surface area contributed by atoms with Crippen LogP contribution >= 0.6 is 0 Å². The predicted octanol–water partition coefficient (Wildman–Crippen LogP) is 3.51. The second-order valence-corrected chi connectivity index (χ2v) is 5.12.